The molecule has 0 radical (unpaired) electrons. The monoisotopic (exact) mass is 222 g/mol. The average molecular weight is 222 g/mol. The molecule has 2 rings (SSSR count). The van der Waals surface area contributed by atoms with Gasteiger partial charge in [0, 0.05) is 18.5 Å². The van der Waals surface area contributed by atoms with Gasteiger partial charge >= 0.3 is 0 Å². The molecule has 1 N–H and O–H groups in total. The lowest BCUT2D eigenvalue weighted by atomic mass is 10.2. The van der Waals surface area contributed by atoms with Gasteiger partial charge in [-0.05, 0) is 17.7 Å². The first-order valence-electron chi connectivity index (χ1n) is 4.67. The van der Waals surface area contributed by atoms with E-state index in [9.17, 15) is 4.39 Å². The maximum Gasteiger partial charge on any atom is 0.123 e. The van der Waals surface area contributed by atoms with E-state index in [1.54, 1.807) is 22.9 Å². The number of halogens is 1. The Morgan fingerprint density at radius 1 is 1.33 bits per heavy atom. The zero-order valence-corrected chi connectivity index (χ0v) is 8.93. The molecular formula is C11H11FN2S. The Bertz CT molecular complexity index is 414. The van der Waals surface area contributed by atoms with Gasteiger partial charge in [-0.15, -0.1) is 11.3 Å². The number of nitrogens with one attached hydrogen (secondary N) is 1. The van der Waals surface area contributed by atoms with Crippen LogP contribution in [0.5, 0.6) is 0 Å². The quantitative estimate of drug-likeness (QED) is 0.860. The average Bonchev–Trinajstić information content (AvgIpc) is 2.71. The molecule has 0 bridgehead atoms. The maximum absolute atomic E-state index is 12.8. The molecule has 4 heteroatoms. The summed E-state index contributed by atoms with van der Waals surface area (Å²) in [5.74, 6) is -0.192. The van der Waals surface area contributed by atoms with Crippen molar-refractivity contribution < 1.29 is 4.39 Å². The summed E-state index contributed by atoms with van der Waals surface area (Å²) in [5, 5.41) is 5.21. The van der Waals surface area contributed by atoms with Crippen molar-refractivity contribution in [3.63, 3.8) is 0 Å². The minimum Gasteiger partial charge on any atom is -0.307 e. The number of hydrogen-bond acceptors (Lipinski definition) is 3. The van der Waals surface area contributed by atoms with E-state index in [2.05, 4.69) is 10.3 Å². The minimum atomic E-state index is -0.192. The second-order valence-electron chi connectivity index (χ2n) is 3.21. The number of benzene rings is 1. The highest BCUT2D eigenvalue weighted by Gasteiger charge is 1.96. The summed E-state index contributed by atoms with van der Waals surface area (Å²) >= 11 is 1.58. The standard InChI is InChI=1S/C11H11FN2S/c12-10-3-1-2-9(4-10)5-13-6-11-7-15-8-14-11/h1-4,7-8,13H,5-6H2. The largest absolute Gasteiger partial charge is 0.307 e. The molecule has 0 aliphatic carbocycles. The zero-order valence-electron chi connectivity index (χ0n) is 8.11. The fourth-order valence-electron chi connectivity index (χ4n) is 1.31. The molecule has 1 aromatic heterocycles. The van der Waals surface area contributed by atoms with E-state index >= 15 is 0 Å². The molecular weight excluding hydrogens is 211 g/mol. The number of rotatable bonds is 4. The van der Waals surface area contributed by atoms with Gasteiger partial charge in [-0.25, -0.2) is 9.37 Å². The van der Waals surface area contributed by atoms with Crippen molar-refractivity contribution in [2.24, 2.45) is 0 Å². The van der Waals surface area contributed by atoms with Crippen LogP contribution in [0.15, 0.2) is 35.2 Å². The van der Waals surface area contributed by atoms with E-state index in [1.807, 2.05) is 11.4 Å². The lowest BCUT2D eigenvalue weighted by molar-refractivity contribution is 0.619. The van der Waals surface area contributed by atoms with Gasteiger partial charge in [0.05, 0.1) is 11.2 Å². The number of thiazole rings is 1. The van der Waals surface area contributed by atoms with E-state index < -0.39 is 0 Å². The van der Waals surface area contributed by atoms with E-state index in [0.29, 0.717) is 6.54 Å². The van der Waals surface area contributed by atoms with Crippen LogP contribution < -0.4 is 5.32 Å². The lowest BCUT2D eigenvalue weighted by Crippen LogP contribution is -2.12. The second kappa shape index (κ2) is 5.00. The summed E-state index contributed by atoms with van der Waals surface area (Å²) < 4.78 is 12.8. The summed E-state index contributed by atoms with van der Waals surface area (Å²) in [7, 11) is 0. The molecule has 2 nitrogen and oxygen atoms in total. The lowest BCUT2D eigenvalue weighted by Gasteiger charge is -2.02. The van der Waals surface area contributed by atoms with Crippen molar-refractivity contribution in [3.05, 3.63) is 52.2 Å². The van der Waals surface area contributed by atoms with Gasteiger partial charge in [-0.2, -0.15) is 0 Å². The Balaban J connectivity index is 1.83. The Morgan fingerprint density at radius 2 is 2.27 bits per heavy atom. The normalized spacial score (nSPS) is 10.5. The molecule has 0 saturated carbocycles. The van der Waals surface area contributed by atoms with E-state index in [0.717, 1.165) is 17.8 Å². The molecule has 2 aromatic rings. The highest BCUT2D eigenvalue weighted by atomic mass is 32.1. The van der Waals surface area contributed by atoms with E-state index in [1.165, 1.54) is 12.1 Å². The van der Waals surface area contributed by atoms with Crippen molar-refractivity contribution >= 4 is 11.3 Å². The molecule has 1 aromatic carbocycles. The highest BCUT2D eigenvalue weighted by molar-refractivity contribution is 7.07. The van der Waals surface area contributed by atoms with Crippen molar-refractivity contribution in [1.82, 2.24) is 10.3 Å². The Hall–Kier alpha value is -1.26. The molecule has 0 aliphatic rings. The highest BCUT2D eigenvalue weighted by Crippen LogP contribution is 2.04. The van der Waals surface area contributed by atoms with Gasteiger partial charge in [-0.1, -0.05) is 12.1 Å². The first-order chi connectivity index (χ1) is 7.34. The first-order valence-corrected chi connectivity index (χ1v) is 5.61. The van der Waals surface area contributed by atoms with E-state index in [4.69, 9.17) is 0 Å². The van der Waals surface area contributed by atoms with Gasteiger partial charge in [0.25, 0.3) is 0 Å². The molecule has 0 amide bonds. The third-order valence-electron chi connectivity index (χ3n) is 2.01. The SMILES string of the molecule is Fc1cccc(CNCc2cscn2)c1. The van der Waals surface area contributed by atoms with Crippen LogP contribution in [0.2, 0.25) is 0 Å². The van der Waals surface area contributed by atoms with Gasteiger partial charge in [0.1, 0.15) is 5.82 Å². The summed E-state index contributed by atoms with van der Waals surface area (Å²) in [5.41, 5.74) is 3.78. The third kappa shape index (κ3) is 3.11. The minimum absolute atomic E-state index is 0.192. The van der Waals surface area contributed by atoms with Crippen LogP contribution in [0.1, 0.15) is 11.3 Å². The second-order valence-corrected chi connectivity index (χ2v) is 3.93. The predicted octanol–water partition coefficient (Wildman–Crippen LogP) is 2.57. The third-order valence-corrected chi connectivity index (χ3v) is 2.64. The molecule has 0 fully saturated rings. The summed E-state index contributed by atoms with van der Waals surface area (Å²) in [6.45, 7) is 1.38. The van der Waals surface area contributed by atoms with E-state index in [-0.39, 0.29) is 5.82 Å². The van der Waals surface area contributed by atoms with Crippen LogP contribution in [0.25, 0.3) is 0 Å². The van der Waals surface area contributed by atoms with Crippen molar-refractivity contribution in [2.45, 2.75) is 13.1 Å². The number of hydrogen-bond donors (Lipinski definition) is 1. The number of aromatic nitrogens is 1. The maximum atomic E-state index is 12.8. The number of nitrogens with zero attached hydrogens (tertiary/aromatic N) is 1. The van der Waals surface area contributed by atoms with Crippen LogP contribution >= 0.6 is 11.3 Å². The smallest absolute Gasteiger partial charge is 0.123 e. The Kier molecular flexibility index (Phi) is 3.42. The topological polar surface area (TPSA) is 24.9 Å². The van der Waals surface area contributed by atoms with Crippen LogP contribution in [0.3, 0.4) is 0 Å². The predicted molar refractivity (Wildman–Crippen MR) is 59.1 cm³/mol. The van der Waals surface area contributed by atoms with Crippen LogP contribution in [-0.4, -0.2) is 4.98 Å². The van der Waals surface area contributed by atoms with Gasteiger partial charge in [0.15, 0.2) is 0 Å². The molecule has 15 heavy (non-hydrogen) atoms. The summed E-state index contributed by atoms with van der Waals surface area (Å²) in [6.07, 6.45) is 0. The van der Waals surface area contributed by atoms with Gasteiger partial charge < -0.3 is 5.32 Å². The fourth-order valence-corrected chi connectivity index (χ4v) is 1.87. The zero-order chi connectivity index (χ0) is 10.5. The van der Waals surface area contributed by atoms with Crippen LogP contribution in [0.4, 0.5) is 4.39 Å². The van der Waals surface area contributed by atoms with Crippen molar-refractivity contribution in [1.29, 1.82) is 0 Å². The summed E-state index contributed by atoms with van der Waals surface area (Å²) in [4.78, 5) is 4.15. The Morgan fingerprint density at radius 3 is 3.00 bits per heavy atom. The van der Waals surface area contributed by atoms with Crippen LogP contribution in [0, 0.1) is 5.82 Å². The fraction of sp³-hybridized carbons (Fsp3) is 0.182. The molecule has 0 spiro atoms. The van der Waals surface area contributed by atoms with Crippen molar-refractivity contribution in [3.8, 4) is 0 Å². The van der Waals surface area contributed by atoms with Crippen LogP contribution in [-0.2, 0) is 13.1 Å². The van der Waals surface area contributed by atoms with Crippen molar-refractivity contribution in [2.75, 3.05) is 0 Å². The van der Waals surface area contributed by atoms with Gasteiger partial charge in [0.2, 0.25) is 0 Å². The first kappa shape index (κ1) is 10.3. The molecule has 1 heterocycles. The van der Waals surface area contributed by atoms with Gasteiger partial charge in [-0.3, -0.25) is 0 Å². The molecule has 0 atom stereocenters. The molecule has 78 valence electrons. The molecule has 0 aliphatic heterocycles. The molecule has 0 unspecified atom stereocenters. The molecule has 0 saturated heterocycles. The summed E-state index contributed by atoms with van der Waals surface area (Å²) in [6, 6.07) is 6.60. The Labute approximate surface area is 91.8 Å².